The highest BCUT2D eigenvalue weighted by atomic mass is 35.5. The second kappa shape index (κ2) is 9.41. The second-order valence-corrected chi connectivity index (χ2v) is 7.48. The van der Waals surface area contributed by atoms with E-state index in [1.54, 1.807) is 29.2 Å². The highest BCUT2D eigenvalue weighted by molar-refractivity contribution is 6.30. The lowest BCUT2D eigenvalue weighted by atomic mass is 10.1. The van der Waals surface area contributed by atoms with Gasteiger partial charge in [0.15, 0.2) is 0 Å². The quantitative estimate of drug-likeness (QED) is 0.442. The van der Waals surface area contributed by atoms with Gasteiger partial charge in [-0.3, -0.25) is 14.2 Å². The van der Waals surface area contributed by atoms with Crippen LogP contribution in [0, 0.1) is 0 Å². The Balaban J connectivity index is 1.58. The molecule has 1 heterocycles. The first kappa shape index (κ1) is 20.6. The number of carbonyl (C=O) groups excluding carboxylic acids is 1. The summed E-state index contributed by atoms with van der Waals surface area (Å²) in [6.07, 6.45) is 1.41. The van der Waals surface area contributed by atoms with Crippen LogP contribution in [0.25, 0.3) is 11.3 Å². The summed E-state index contributed by atoms with van der Waals surface area (Å²) < 4.78 is 1.32. The minimum absolute atomic E-state index is 0.103. The van der Waals surface area contributed by atoms with Gasteiger partial charge in [0.1, 0.15) is 6.54 Å². The van der Waals surface area contributed by atoms with E-state index in [9.17, 15) is 9.59 Å². The summed E-state index contributed by atoms with van der Waals surface area (Å²) in [7, 11) is 0. The number of hydrogen-bond donors (Lipinski definition) is 0. The van der Waals surface area contributed by atoms with Crippen LogP contribution in [0.4, 0.5) is 5.69 Å². The molecule has 0 unspecified atom stereocenters. The predicted octanol–water partition coefficient (Wildman–Crippen LogP) is 4.80. The van der Waals surface area contributed by atoms with E-state index in [1.807, 2.05) is 60.7 Å². The zero-order chi connectivity index (χ0) is 21.6. The van der Waals surface area contributed by atoms with E-state index in [1.165, 1.54) is 17.0 Å². The van der Waals surface area contributed by atoms with Crippen LogP contribution in [0.1, 0.15) is 5.56 Å². The Labute approximate surface area is 185 Å². The first-order valence-corrected chi connectivity index (χ1v) is 10.2. The third-order valence-electron chi connectivity index (χ3n) is 4.88. The monoisotopic (exact) mass is 429 g/mol. The van der Waals surface area contributed by atoms with Crippen molar-refractivity contribution in [3.8, 4) is 11.3 Å². The van der Waals surface area contributed by atoms with Gasteiger partial charge in [0.05, 0.1) is 18.6 Å². The molecule has 4 aromatic rings. The van der Waals surface area contributed by atoms with Gasteiger partial charge in [0.2, 0.25) is 5.91 Å². The molecule has 0 aliphatic heterocycles. The summed E-state index contributed by atoms with van der Waals surface area (Å²) in [6, 6.07) is 27.7. The Kier molecular flexibility index (Phi) is 6.24. The fraction of sp³-hybridized carbons (Fsp3) is 0.0800. The SMILES string of the molecule is O=C(Cn1cnc(-c2ccc(Cl)cc2)cc1=O)N(Cc1ccccc1)c1ccccc1. The van der Waals surface area contributed by atoms with Gasteiger partial charge in [0, 0.05) is 22.3 Å². The first-order valence-electron chi connectivity index (χ1n) is 9.82. The molecule has 0 atom stereocenters. The van der Waals surface area contributed by atoms with E-state index < -0.39 is 0 Å². The molecule has 1 aromatic heterocycles. The molecule has 0 radical (unpaired) electrons. The lowest BCUT2D eigenvalue weighted by Crippen LogP contribution is -2.36. The van der Waals surface area contributed by atoms with Crippen molar-refractivity contribution in [3.05, 3.63) is 118 Å². The molecule has 0 bridgehead atoms. The molecule has 0 aliphatic carbocycles. The van der Waals surface area contributed by atoms with E-state index in [-0.39, 0.29) is 18.0 Å². The maximum atomic E-state index is 13.2. The second-order valence-electron chi connectivity index (χ2n) is 7.05. The van der Waals surface area contributed by atoms with Crippen molar-refractivity contribution in [2.24, 2.45) is 0 Å². The Bertz CT molecular complexity index is 1220. The van der Waals surface area contributed by atoms with Crippen molar-refractivity contribution >= 4 is 23.2 Å². The van der Waals surface area contributed by atoms with Gasteiger partial charge in [-0.1, -0.05) is 72.3 Å². The van der Waals surface area contributed by atoms with Crippen LogP contribution in [0.5, 0.6) is 0 Å². The summed E-state index contributed by atoms with van der Waals surface area (Å²) in [5.41, 5.74) is 2.81. The standard InChI is InChI=1S/C25H20ClN3O2/c26-21-13-11-20(12-14-21)23-15-24(30)28(18-27-23)17-25(31)29(22-9-5-2-6-10-22)16-19-7-3-1-4-8-19/h1-15,18H,16-17H2. The lowest BCUT2D eigenvalue weighted by molar-refractivity contribution is -0.119. The molecule has 0 N–H and O–H groups in total. The highest BCUT2D eigenvalue weighted by Gasteiger charge is 2.17. The first-order chi connectivity index (χ1) is 15.1. The third kappa shape index (κ3) is 5.08. The Morgan fingerprint density at radius 1 is 0.903 bits per heavy atom. The molecule has 1 amide bonds. The van der Waals surface area contributed by atoms with Crippen LogP contribution in [0.3, 0.4) is 0 Å². The fourth-order valence-electron chi connectivity index (χ4n) is 3.25. The van der Waals surface area contributed by atoms with E-state index in [4.69, 9.17) is 11.6 Å². The number of carbonyl (C=O) groups is 1. The highest BCUT2D eigenvalue weighted by Crippen LogP contribution is 2.19. The third-order valence-corrected chi connectivity index (χ3v) is 5.13. The number of para-hydroxylation sites is 1. The average molecular weight is 430 g/mol. The lowest BCUT2D eigenvalue weighted by Gasteiger charge is -2.23. The topological polar surface area (TPSA) is 55.2 Å². The number of hydrogen-bond acceptors (Lipinski definition) is 3. The number of amides is 1. The minimum Gasteiger partial charge on any atom is -0.306 e. The van der Waals surface area contributed by atoms with Crippen LogP contribution >= 0.6 is 11.6 Å². The van der Waals surface area contributed by atoms with Crippen molar-refractivity contribution in [1.29, 1.82) is 0 Å². The van der Waals surface area contributed by atoms with Crippen molar-refractivity contribution in [1.82, 2.24) is 9.55 Å². The van der Waals surface area contributed by atoms with Gasteiger partial charge >= 0.3 is 0 Å². The maximum absolute atomic E-state index is 13.2. The van der Waals surface area contributed by atoms with Crippen molar-refractivity contribution < 1.29 is 4.79 Å². The molecule has 5 nitrogen and oxygen atoms in total. The van der Waals surface area contributed by atoms with Gasteiger partial charge in [-0.05, 0) is 29.8 Å². The van der Waals surface area contributed by atoms with E-state index in [2.05, 4.69) is 4.98 Å². The molecule has 6 heteroatoms. The molecule has 0 spiro atoms. The predicted molar refractivity (Wildman–Crippen MR) is 123 cm³/mol. The summed E-state index contributed by atoms with van der Waals surface area (Å²) in [4.78, 5) is 31.9. The number of rotatable bonds is 6. The Morgan fingerprint density at radius 2 is 1.55 bits per heavy atom. The largest absolute Gasteiger partial charge is 0.306 e. The van der Waals surface area contributed by atoms with Crippen molar-refractivity contribution in [2.45, 2.75) is 13.1 Å². The molecule has 0 fully saturated rings. The van der Waals surface area contributed by atoms with E-state index >= 15 is 0 Å². The number of benzene rings is 3. The number of nitrogens with zero attached hydrogens (tertiary/aromatic N) is 3. The molecule has 0 saturated carbocycles. The van der Waals surface area contributed by atoms with Crippen LogP contribution in [-0.4, -0.2) is 15.5 Å². The summed E-state index contributed by atoms with van der Waals surface area (Å²) >= 11 is 5.92. The fourth-order valence-corrected chi connectivity index (χ4v) is 3.38. The molecular weight excluding hydrogens is 410 g/mol. The van der Waals surface area contributed by atoms with Crippen LogP contribution in [0.2, 0.25) is 5.02 Å². The van der Waals surface area contributed by atoms with Crippen LogP contribution < -0.4 is 10.5 Å². The van der Waals surface area contributed by atoms with Gasteiger partial charge in [-0.2, -0.15) is 0 Å². The average Bonchev–Trinajstić information content (AvgIpc) is 2.80. The zero-order valence-electron chi connectivity index (χ0n) is 16.7. The van der Waals surface area contributed by atoms with Gasteiger partial charge in [-0.15, -0.1) is 0 Å². The number of aromatic nitrogens is 2. The molecule has 0 saturated heterocycles. The molecule has 31 heavy (non-hydrogen) atoms. The number of anilines is 1. The summed E-state index contributed by atoms with van der Waals surface area (Å²) in [5.74, 6) is -0.196. The van der Waals surface area contributed by atoms with Gasteiger partial charge in [-0.25, -0.2) is 4.98 Å². The molecule has 0 aliphatic rings. The number of halogens is 1. The summed E-state index contributed by atoms with van der Waals surface area (Å²) in [5, 5.41) is 0.613. The molecular formula is C25H20ClN3O2. The van der Waals surface area contributed by atoms with Crippen molar-refractivity contribution in [3.63, 3.8) is 0 Å². The minimum atomic E-state index is -0.291. The normalized spacial score (nSPS) is 10.6. The Morgan fingerprint density at radius 3 is 2.19 bits per heavy atom. The molecule has 154 valence electrons. The zero-order valence-corrected chi connectivity index (χ0v) is 17.4. The summed E-state index contributed by atoms with van der Waals surface area (Å²) in [6.45, 7) is 0.309. The van der Waals surface area contributed by atoms with Crippen LogP contribution in [-0.2, 0) is 17.9 Å². The van der Waals surface area contributed by atoms with Crippen molar-refractivity contribution in [2.75, 3.05) is 4.90 Å². The van der Waals surface area contributed by atoms with E-state index in [0.717, 1.165) is 16.8 Å². The van der Waals surface area contributed by atoms with Crippen LogP contribution in [0.15, 0.2) is 102 Å². The molecule has 4 rings (SSSR count). The molecule has 3 aromatic carbocycles. The maximum Gasteiger partial charge on any atom is 0.254 e. The smallest absolute Gasteiger partial charge is 0.254 e. The van der Waals surface area contributed by atoms with E-state index in [0.29, 0.717) is 17.3 Å². The van der Waals surface area contributed by atoms with Gasteiger partial charge in [0.25, 0.3) is 5.56 Å². The Hall–Kier alpha value is -3.70. The van der Waals surface area contributed by atoms with Gasteiger partial charge < -0.3 is 4.90 Å².